The minimum Gasteiger partial charge on any atom is -0.507 e. The first-order chi connectivity index (χ1) is 10.1. The van der Waals surface area contributed by atoms with Crippen molar-refractivity contribution in [3.8, 4) is 0 Å². The van der Waals surface area contributed by atoms with Crippen LogP contribution in [0.25, 0.3) is 5.76 Å². The van der Waals surface area contributed by atoms with Crippen molar-refractivity contribution >= 4 is 29.3 Å². The summed E-state index contributed by atoms with van der Waals surface area (Å²) in [6, 6.07) is 5.81. The number of carboxylic acids is 1. The van der Waals surface area contributed by atoms with Crippen LogP contribution in [-0.2, 0) is 14.3 Å². The van der Waals surface area contributed by atoms with E-state index in [4.69, 9.17) is 9.84 Å². The Kier molecular flexibility index (Phi) is 5.28. The van der Waals surface area contributed by atoms with Gasteiger partial charge in [-0.15, -0.1) is 0 Å². The molecule has 0 fully saturated rings. The maximum atomic E-state index is 11.6. The molecule has 0 saturated heterocycles. The number of carboxylic acid groups (broad SMARTS) is 1. The first-order valence-electron chi connectivity index (χ1n) is 6.37. The minimum absolute atomic E-state index is 0.240. The fraction of sp³-hybridized carbons (Fsp3) is 0.267. The lowest BCUT2D eigenvalue weighted by Crippen LogP contribution is -2.27. The maximum absolute atomic E-state index is 11.6. The Balaban J connectivity index is 2.77. The molecule has 0 saturated carbocycles. The van der Waals surface area contributed by atoms with Gasteiger partial charge in [-0.1, -0.05) is 0 Å². The predicted octanol–water partition coefficient (Wildman–Crippen LogP) is 2.59. The topological polar surface area (TPSA) is 113 Å². The zero-order valence-electron chi connectivity index (χ0n) is 12.4. The van der Waals surface area contributed by atoms with Crippen molar-refractivity contribution in [3.05, 3.63) is 35.9 Å². The van der Waals surface area contributed by atoms with E-state index >= 15 is 0 Å². The SMILES string of the molecule is CC(C)(C)OC(=O)Nc1ccc(C(O)=CC(=O)C(=O)O)cc1. The third kappa shape index (κ3) is 5.66. The quantitative estimate of drug-likeness (QED) is 0.447. The van der Waals surface area contributed by atoms with E-state index in [-0.39, 0.29) is 5.56 Å². The summed E-state index contributed by atoms with van der Waals surface area (Å²) in [4.78, 5) is 32.9. The molecule has 0 heterocycles. The van der Waals surface area contributed by atoms with Gasteiger partial charge in [0.15, 0.2) is 0 Å². The summed E-state index contributed by atoms with van der Waals surface area (Å²) >= 11 is 0. The molecule has 0 bridgehead atoms. The Hall–Kier alpha value is -2.83. The van der Waals surface area contributed by atoms with Crippen LogP contribution in [-0.4, -0.2) is 33.7 Å². The molecule has 0 atom stereocenters. The number of ketones is 1. The predicted molar refractivity (Wildman–Crippen MR) is 79.5 cm³/mol. The van der Waals surface area contributed by atoms with Gasteiger partial charge in [0.1, 0.15) is 11.4 Å². The minimum atomic E-state index is -1.66. The second-order valence-corrected chi connectivity index (χ2v) is 5.40. The van der Waals surface area contributed by atoms with E-state index in [0.29, 0.717) is 11.8 Å². The van der Waals surface area contributed by atoms with Crippen molar-refractivity contribution in [3.63, 3.8) is 0 Å². The number of aliphatic hydroxyl groups is 1. The molecule has 0 radical (unpaired) electrons. The molecule has 0 aliphatic carbocycles. The largest absolute Gasteiger partial charge is 0.507 e. The van der Waals surface area contributed by atoms with Gasteiger partial charge in [0.2, 0.25) is 0 Å². The molecule has 1 aromatic carbocycles. The van der Waals surface area contributed by atoms with E-state index in [9.17, 15) is 19.5 Å². The summed E-state index contributed by atoms with van der Waals surface area (Å²) in [7, 11) is 0. The lowest BCUT2D eigenvalue weighted by molar-refractivity contribution is -0.146. The van der Waals surface area contributed by atoms with Gasteiger partial charge in [-0.05, 0) is 45.0 Å². The number of ether oxygens (including phenoxy) is 1. The van der Waals surface area contributed by atoms with Crippen LogP contribution < -0.4 is 5.32 Å². The highest BCUT2D eigenvalue weighted by molar-refractivity contribution is 6.38. The van der Waals surface area contributed by atoms with Gasteiger partial charge in [-0.25, -0.2) is 9.59 Å². The highest BCUT2D eigenvalue weighted by Gasteiger charge is 2.16. The zero-order chi connectivity index (χ0) is 16.9. The summed E-state index contributed by atoms with van der Waals surface area (Å²) in [5.41, 5.74) is 0.0436. The molecule has 0 aliphatic rings. The summed E-state index contributed by atoms with van der Waals surface area (Å²) < 4.78 is 5.08. The molecular formula is C15H17NO6. The first kappa shape index (κ1) is 17.2. The van der Waals surface area contributed by atoms with Gasteiger partial charge in [-0.2, -0.15) is 0 Å². The number of aliphatic carboxylic acids is 1. The van der Waals surface area contributed by atoms with Crippen LogP contribution >= 0.6 is 0 Å². The summed E-state index contributed by atoms with van der Waals surface area (Å²) in [6.45, 7) is 5.20. The molecule has 0 aliphatic heterocycles. The number of benzene rings is 1. The number of amides is 1. The van der Waals surface area contributed by atoms with Crippen LogP contribution in [0.4, 0.5) is 10.5 Å². The van der Waals surface area contributed by atoms with Gasteiger partial charge in [0.05, 0.1) is 0 Å². The second-order valence-electron chi connectivity index (χ2n) is 5.40. The summed E-state index contributed by atoms with van der Waals surface area (Å²) in [5.74, 6) is -3.36. The Morgan fingerprint density at radius 1 is 1.09 bits per heavy atom. The van der Waals surface area contributed by atoms with Crippen LogP contribution in [0.1, 0.15) is 26.3 Å². The van der Waals surface area contributed by atoms with Crippen LogP contribution in [0.15, 0.2) is 30.3 Å². The number of rotatable bonds is 4. The maximum Gasteiger partial charge on any atom is 0.412 e. The van der Waals surface area contributed by atoms with Crippen molar-refractivity contribution < 1.29 is 29.3 Å². The monoisotopic (exact) mass is 307 g/mol. The molecule has 22 heavy (non-hydrogen) atoms. The number of aliphatic hydroxyl groups excluding tert-OH is 1. The molecule has 118 valence electrons. The second kappa shape index (κ2) is 6.75. The van der Waals surface area contributed by atoms with E-state index in [1.54, 1.807) is 20.8 Å². The number of hydrogen-bond acceptors (Lipinski definition) is 5. The van der Waals surface area contributed by atoms with Gasteiger partial charge >= 0.3 is 12.1 Å². The van der Waals surface area contributed by atoms with Crippen LogP contribution in [0.3, 0.4) is 0 Å². The van der Waals surface area contributed by atoms with Crippen LogP contribution in [0.5, 0.6) is 0 Å². The fourth-order valence-corrected chi connectivity index (χ4v) is 1.42. The van der Waals surface area contributed by atoms with Crippen molar-refractivity contribution in [2.24, 2.45) is 0 Å². The fourth-order valence-electron chi connectivity index (χ4n) is 1.42. The molecule has 1 aromatic rings. The van der Waals surface area contributed by atoms with E-state index in [0.717, 1.165) is 0 Å². The lowest BCUT2D eigenvalue weighted by atomic mass is 10.1. The molecule has 0 spiro atoms. The molecule has 1 amide bonds. The summed E-state index contributed by atoms with van der Waals surface area (Å²) in [6.07, 6.45) is -0.0143. The van der Waals surface area contributed by atoms with Gasteiger partial charge in [0, 0.05) is 17.3 Å². The van der Waals surface area contributed by atoms with E-state index in [1.165, 1.54) is 24.3 Å². The molecule has 3 N–H and O–H groups in total. The molecular weight excluding hydrogens is 290 g/mol. The number of nitrogens with one attached hydrogen (secondary N) is 1. The Morgan fingerprint density at radius 2 is 1.64 bits per heavy atom. The molecule has 0 aromatic heterocycles. The average Bonchev–Trinajstić information content (AvgIpc) is 2.36. The van der Waals surface area contributed by atoms with Crippen molar-refractivity contribution in [2.45, 2.75) is 26.4 Å². The number of hydrogen-bond donors (Lipinski definition) is 3. The van der Waals surface area contributed by atoms with Crippen LogP contribution in [0.2, 0.25) is 0 Å². The van der Waals surface area contributed by atoms with Gasteiger partial charge in [-0.3, -0.25) is 10.1 Å². The van der Waals surface area contributed by atoms with Gasteiger partial charge < -0.3 is 14.9 Å². The molecule has 7 heteroatoms. The highest BCUT2D eigenvalue weighted by atomic mass is 16.6. The lowest BCUT2D eigenvalue weighted by Gasteiger charge is -2.19. The molecule has 0 unspecified atom stereocenters. The normalized spacial score (nSPS) is 11.7. The van der Waals surface area contributed by atoms with E-state index in [1.807, 2.05) is 0 Å². The van der Waals surface area contributed by atoms with E-state index < -0.39 is 29.2 Å². The highest BCUT2D eigenvalue weighted by Crippen LogP contribution is 2.16. The zero-order valence-corrected chi connectivity index (χ0v) is 12.4. The number of anilines is 1. The van der Waals surface area contributed by atoms with Crippen LogP contribution in [0, 0.1) is 0 Å². The number of carbonyl (C=O) groups excluding carboxylic acids is 2. The van der Waals surface area contributed by atoms with Crippen molar-refractivity contribution in [2.75, 3.05) is 5.32 Å². The Bertz CT molecular complexity index is 610. The average molecular weight is 307 g/mol. The molecule has 1 rings (SSSR count). The molecule has 7 nitrogen and oxygen atoms in total. The van der Waals surface area contributed by atoms with E-state index in [2.05, 4.69) is 5.32 Å². The third-order valence-corrected chi connectivity index (χ3v) is 2.30. The smallest absolute Gasteiger partial charge is 0.412 e. The third-order valence-electron chi connectivity index (χ3n) is 2.30. The Labute approximate surface area is 127 Å². The van der Waals surface area contributed by atoms with Gasteiger partial charge in [0.25, 0.3) is 5.78 Å². The summed E-state index contributed by atoms with van der Waals surface area (Å²) in [5, 5.41) is 20.6. The standard InChI is InChI=1S/C15H17NO6/c1-15(2,3)22-14(21)16-10-6-4-9(5-7-10)11(17)8-12(18)13(19)20/h4-8,17H,1-3H3,(H,16,21)(H,19,20). The van der Waals surface area contributed by atoms with Crippen molar-refractivity contribution in [1.29, 1.82) is 0 Å². The van der Waals surface area contributed by atoms with Crippen molar-refractivity contribution in [1.82, 2.24) is 0 Å². The Morgan fingerprint density at radius 3 is 2.09 bits per heavy atom. The number of carbonyl (C=O) groups is 3. The first-order valence-corrected chi connectivity index (χ1v) is 6.37.